The number of benzene rings is 1. The van der Waals surface area contributed by atoms with Crippen LogP contribution in [0, 0.1) is 0 Å². The number of carbonyl (C=O) groups is 1. The number of rotatable bonds is 4. The zero-order valence-corrected chi connectivity index (χ0v) is 14.7. The summed E-state index contributed by atoms with van der Waals surface area (Å²) in [6.07, 6.45) is 1.88. The Kier molecular flexibility index (Phi) is 3.92. The van der Waals surface area contributed by atoms with E-state index in [1.807, 2.05) is 37.3 Å². The van der Waals surface area contributed by atoms with Crippen molar-refractivity contribution in [2.75, 3.05) is 0 Å². The second kappa shape index (κ2) is 6.11. The zero-order chi connectivity index (χ0) is 17.6. The van der Waals surface area contributed by atoms with E-state index >= 15 is 0 Å². The number of hydrogen-bond acceptors (Lipinski definition) is 4. The van der Waals surface area contributed by atoms with Crippen molar-refractivity contribution >= 4 is 27.5 Å². The molecule has 25 heavy (non-hydrogen) atoms. The van der Waals surface area contributed by atoms with E-state index in [0.29, 0.717) is 41.6 Å². The number of nitrogens with zero attached hydrogens (tertiary/aromatic N) is 2. The van der Waals surface area contributed by atoms with Gasteiger partial charge in [-0.25, -0.2) is 4.98 Å². The highest BCUT2D eigenvalue weighted by molar-refractivity contribution is 7.18. The van der Waals surface area contributed by atoms with Crippen molar-refractivity contribution in [3.05, 3.63) is 62.5 Å². The van der Waals surface area contributed by atoms with Crippen molar-refractivity contribution in [2.24, 2.45) is 0 Å². The third-order valence-electron chi connectivity index (χ3n) is 4.83. The first-order valence-corrected chi connectivity index (χ1v) is 9.23. The first-order valence-electron chi connectivity index (χ1n) is 8.41. The van der Waals surface area contributed by atoms with Gasteiger partial charge in [-0.3, -0.25) is 14.2 Å². The van der Waals surface area contributed by atoms with Crippen LogP contribution in [0.3, 0.4) is 0 Å². The predicted octanol–water partition coefficient (Wildman–Crippen LogP) is 3.18. The maximum absolute atomic E-state index is 13.1. The van der Waals surface area contributed by atoms with Gasteiger partial charge in [0, 0.05) is 17.8 Å². The molecule has 4 rings (SSSR count). The van der Waals surface area contributed by atoms with E-state index < -0.39 is 11.9 Å². The monoisotopic (exact) mass is 354 g/mol. The lowest BCUT2D eigenvalue weighted by atomic mass is 10.0. The second-order valence-corrected chi connectivity index (χ2v) is 7.37. The molecule has 3 aromatic rings. The second-order valence-electron chi connectivity index (χ2n) is 6.29. The number of aromatic nitrogens is 2. The maximum Gasteiger partial charge on any atom is 0.311 e. The van der Waals surface area contributed by atoms with Crippen LogP contribution in [0.4, 0.5) is 0 Å². The third kappa shape index (κ3) is 2.57. The lowest BCUT2D eigenvalue weighted by Gasteiger charge is -2.12. The van der Waals surface area contributed by atoms with E-state index in [1.54, 1.807) is 4.57 Å². The molecule has 128 valence electrons. The van der Waals surface area contributed by atoms with Crippen LogP contribution in [0.5, 0.6) is 0 Å². The Hall–Kier alpha value is -2.47. The Morgan fingerprint density at radius 1 is 1.36 bits per heavy atom. The van der Waals surface area contributed by atoms with E-state index in [0.717, 1.165) is 16.3 Å². The van der Waals surface area contributed by atoms with Crippen LogP contribution < -0.4 is 5.56 Å². The molecule has 0 spiro atoms. The first-order chi connectivity index (χ1) is 12.1. The Balaban J connectivity index is 1.91. The molecule has 0 saturated heterocycles. The highest BCUT2D eigenvalue weighted by atomic mass is 32.1. The number of aliphatic carboxylic acids is 1. The fraction of sp³-hybridized carbons (Fsp3) is 0.316. The summed E-state index contributed by atoms with van der Waals surface area (Å²) in [6, 6.07) is 9.94. The molecule has 1 aliphatic carbocycles. The van der Waals surface area contributed by atoms with Crippen LogP contribution >= 0.6 is 11.3 Å². The normalized spacial score (nSPS) is 16.3. The number of aryl methyl sites for hydroxylation is 1. The van der Waals surface area contributed by atoms with Gasteiger partial charge in [0.2, 0.25) is 0 Å². The molecule has 1 atom stereocenters. The minimum Gasteiger partial charge on any atom is -0.481 e. The van der Waals surface area contributed by atoms with Gasteiger partial charge in [-0.1, -0.05) is 30.3 Å². The van der Waals surface area contributed by atoms with E-state index in [2.05, 4.69) is 0 Å². The minimum atomic E-state index is -0.853. The molecule has 2 aromatic heterocycles. The summed E-state index contributed by atoms with van der Waals surface area (Å²) in [5.41, 5.74) is 1.70. The van der Waals surface area contributed by atoms with Gasteiger partial charge < -0.3 is 5.11 Å². The summed E-state index contributed by atoms with van der Waals surface area (Å²) in [5, 5.41) is 10.00. The van der Waals surface area contributed by atoms with Gasteiger partial charge in [-0.05, 0) is 30.9 Å². The Labute approximate surface area is 148 Å². The van der Waals surface area contributed by atoms with Gasteiger partial charge in [0.25, 0.3) is 5.56 Å². The average Bonchev–Trinajstić information content (AvgIpc) is 3.14. The molecule has 1 aliphatic rings. The molecule has 1 N–H and O–H groups in total. The number of thiophene rings is 1. The van der Waals surface area contributed by atoms with E-state index in [-0.39, 0.29) is 5.56 Å². The van der Waals surface area contributed by atoms with Gasteiger partial charge in [-0.2, -0.15) is 0 Å². The van der Waals surface area contributed by atoms with Crippen LogP contribution in [0.1, 0.15) is 41.1 Å². The molecule has 0 bridgehead atoms. The number of fused-ring (bicyclic) bond motifs is 3. The van der Waals surface area contributed by atoms with Gasteiger partial charge in [0.1, 0.15) is 10.7 Å². The van der Waals surface area contributed by atoms with Crippen molar-refractivity contribution in [1.29, 1.82) is 0 Å². The average molecular weight is 354 g/mol. The quantitative estimate of drug-likeness (QED) is 0.781. The van der Waals surface area contributed by atoms with E-state index in [4.69, 9.17) is 4.98 Å². The van der Waals surface area contributed by atoms with E-state index in [9.17, 15) is 14.7 Å². The van der Waals surface area contributed by atoms with Crippen LogP contribution in [-0.4, -0.2) is 20.6 Å². The zero-order valence-electron chi connectivity index (χ0n) is 13.9. The van der Waals surface area contributed by atoms with Crippen LogP contribution in [0.2, 0.25) is 0 Å². The molecule has 1 unspecified atom stereocenters. The Morgan fingerprint density at radius 3 is 2.80 bits per heavy atom. The summed E-state index contributed by atoms with van der Waals surface area (Å²) in [4.78, 5) is 31.1. The summed E-state index contributed by atoms with van der Waals surface area (Å²) in [5.74, 6) is -0.698. The Morgan fingerprint density at radius 2 is 2.12 bits per heavy atom. The SMILES string of the molecule is CCn1c(Cc2ccccc2)nc2sc3c(c2c1=O)C(C(=O)O)CC3. The van der Waals surface area contributed by atoms with Crippen LogP contribution in [0.25, 0.3) is 10.2 Å². The molecule has 6 heteroatoms. The number of carboxylic acids is 1. The van der Waals surface area contributed by atoms with Crippen molar-refractivity contribution in [3.8, 4) is 0 Å². The maximum atomic E-state index is 13.1. The molecular formula is C19H18N2O3S. The van der Waals surface area contributed by atoms with Gasteiger partial charge in [-0.15, -0.1) is 11.3 Å². The number of carboxylic acid groups (broad SMARTS) is 1. The van der Waals surface area contributed by atoms with Crippen LogP contribution in [-0.2, 0) is 24.2 Å². The van der Waals surface area contributed by atoms with E-state index in [1.165, 1.54) is 11.3 Å². The third-order valence-corrected chi connectivity index (χ3v) is 5.99. The molecule has 0 aliphatic heterocycles. The predicted molar refractivity (Wildman–Crippen MR) is 97.5 cm³/mol. The minimum absolute atomic E-state index is 0.107. The van der Waals surface area contributed by atoms with Gasteiger partial charge in [0.05, 0.1) is 11.3 Å². The highest BCUT2D eigenvalue weighted by Gasteiger charge is 2.34. The summed E-state index contributed by atoms with van der Waals surface area (Å²) in [6.45, 7) is 2.44. The number of hydrogen-bond donors (Lipinski definition) is 1. The first kappa shape index (κ1) is 16.0. The van der Waals surface area contributed by atoms with Gasteiger partial charge >= 0.3 is 5.97 Å². The summed E-state index contributed by atoms with van der Waals surface area (Å²) >= 11 is 1.48. The molecule has 5 nitrogen and oxygen atoms in total. The largest absolute Gasteiger partial charge is 0.481 e. The lowest BCUT2D eigenvalue weighted by Crippen LogP contribution is -2.25. The van der Waals surface area contributed by atoms with Crippen molar-refractivity contribution in [1.82, 2.24) is 9.55 Å². The molecule has 0 radical (unpaired) electrons. The fourth-order valence-electron chi connectivity index (χ4n) is 3.65. The molecule has 0 saturated carbocycles. The molecule has 1 aromatic carbocycles. The standard InChI is InChI=1S/C19H18N2O3S/c1-2-21-14(10-11-6-4-3-5-7-11)20-17-16(18(21)22)15-12(19(23)24)8-9-13(15)25-17/h3-7,12H,2,8-10H2,1H3,(H,23,24). The Bertz CT molecular complexity index is 1020. The molecule has 2 heterocycles. The smallest absolute Gasteiger partial charge is 0.311 e. The van der Waals surface area contributed by atoms with Crippen molar-refractivity contribution in [2.45, 2.75) is 38.6 Å². The molecule has 0 fully saturated rings. The van der Waals surface area contributed by atoms with Crippen LogP contribution in [0.15, 0.2) is 35.1 Å². The molecule has 0 amide bonds. The topological polar surface area (TPSA) is 72.2 Å². The van der Waals surface area contributed by atoms with Crippen molar-refractivity contribution in [3.63, 3.8) is 0 Å². The highest BCUT2D eigenvalue weighted by Crippen LogP contribution is 2.42. The fourth-order valence-corrected chi connectivity index (χ4v) is 4.91. The molecular weight excluding hydrogens is 336 g/mol. The lowest BCUT2D eigenvalue weighted by molar-refractivity contribution is -0.138. The summed E-state index contributed by atoms with van der Waals surface area (Å²) < 4.78 is 1.68. The summed E-state index contributed by atoms with van der Waals surface area (Å²) in [7, 11) is 0. The van der Waals surface area contributed by atoms with Crippen molar-refractivity contribution < 1.29 is 9.90 Å². The van der Waals surface area contributed by atoms with Gasteiger partial charge in [0.15, 0.2) is 0 Å².